The highest BCUT2D eigenvalue weighted by Crippen LogP contribution is 2.39. The van der Waals surface area contributed by atoms with Gasteiger partial charge in [0.05, 0.1) is 7.11 Å². The van der Waals surface area contributed by atoms with Crippen molar-refractivity contribution in [3.05, 3.63) is 50.2 Å². The molecule has 2 nitrogen and oxygen atoms in total. The topological polar surface area (TPSA) is 29.5 Å². The third-order valence-electron chi connectivity index (χ3n) is 3.52. The lowest BCUT2D eigenvalue weighted by atomic mass is 10.1. The van der Waals surface area contributed by atoms with Crippen LogP contribution in [0.4, 0.5) is 0 Å². The Hall–Kier alpha value is -1.03. The molecule has 1 aromatic heterocycles. The van der Waals surface area contributed by atoms with Crippen molar-refractivity contribution in [1.29, 1.82) is 0 Å². The zero-order valence-electron chi connectivity index (χ0n) is 10.6. The summed E-state index contributed by atoms with van der Waals surface area (Å²) in [4.78, 5) is 2.39. The van der Waals surface area contributed by atoms with E-state index in [1.54, 1.807) is 36.6 Å². The van der Waals surface area contributed by atoms with Crippen molar-refractivity contribution in [1.82, 2.24) is 0 Å². The van der Waals surface area contributed by atoms with Gasteiger partial charge in [0.15, 0.2) is 0 Å². The van der Waals surface area contributed by atoms with Crippen LogP contribution in [0.3, 0.4) is 0 Å². The van der Waals surface area contributed by atoms with Gasteiger partial charge in [-0.05, 0) is 49.1 Å². The number of halogens is 1. The molecule has 19 heavy (non-hydrogen) atoms. The summed E-state index contributed by atoms with van der Waals surface area (Å²) in [5.74, 6) is 0.672. The first-order valence-corrected chi connectivity index (χ1v) is 7.51. The Bertz CT molecular complexity index is 585. The highest BCUT2D eigenvalue weighted by atomic mass is 35.5. The molecule has 0 saturated carbocycles. The van der Waals surface area contributed by atoms with Gasteiger partial charge in [0.25, 0.3) is 0 Å². The summed E-state index contributed by atoms with van der Waals surface area (Å²) in [6.45, 7) is 0. The maximum atomic E-state index is 10.6. The van der Waals surface area contributed by atoms with Crippen LogP contribution < -0.4 is 4.74 Å². The van der Waals surface area contributed by atoms with E-state index in [0.717, 1.165) is 23.3 Å². The molecule has 0 amide bonds. The van der Waals surface area contributed by atoms with Crippen LogP contribution in [-0.2, 0) is 12.8 Å². The summed E-state index contributed by atoms with van der Waals surface area (Å²) >= 11 is 7.72. The number of hydrogen-bond acceptors (Lipinski definition) is 3. The fourth-order valence-electron chi connectivity index (χ4n) is 2.56. The highest BCUT2D eigenvalue weighted by Gasteiger charge is 2.22. The summed E-state index contributed by atoms with van der Waals surface area (Å²) in [6.07, 6.45) is 2.84. The Morgan fingerprint density at radius 1 is 1.32 bits per heavy atom. The van der Waals surface area contributed by atoms with Crippen LogP contribution in [0.25, 0.3) is 0 Å². The lowest BCUT2D eigenvalue weighted by molar-refractivity contribution is 0.218. The van der Waals surface area contributed by atoms with Crippen molar-refractivity contribution in [3.8, 4) is 5.75 Å². The fourth-order valence-corrected chi connectivity index (χ4v) is 4.00. The van der Waals surface area contributed by atoms with E-state index in [1.807, 2.05) is 0 Å². The van der Waals surface area contributed by atoms with Crippen molar-refractivity contribution < 1.29 is 9.84 Å². The van der Waals surface area contributed by atoms with Crippen LogP contribution in [0.1, 0.15) is 33.4 Å². The predicted octanol–water partition coefficient (Wildman–Crippen LogP) is 3.98. The first-order valence-electron chi connectivity index (χ1n) is 6.32. The number of hydrogen-bond donors (Lipinski definition) is 1. The number of aliphatic hydroxyl groups is 1. The van der Waals surface area contributed by atoms with Crippen LogP contribution in [-0.4, -0.2) is 12.2 Å². The summed E-state index contributed by atoms with van der Waals surface area (Å²) in [5.41, 5.74) is 2.12. The van der Waals surface area contributed by atoms with E-state index in [2.05, 4.69) is 6.07 Å². The molecule has 1 atom stereocenters. The van der Waals surface area contributed by atoms with Gasteiger partial charge >= 0.3 is 0 Å². The average Bonchev–Trinajstić information content (AvgIpc) is 2.98. The van der Waals surface area contributed by atoms with Crippen molar-refractivity contribution >= 4 is 22.9 Å². The molecule has 1 aliphatic carbocycles. The molecule has 100 valence electrons. The molecule has 1 heterocycles. The number of methoxy groups -OCH3 is 1. The van der Waals surface area contributed by atoms with Crippen LogP contribution >= 0.6 is 22.9 Å². The normalized spacial score (nSPS) is 15.3. The van der Waals surface area contributed by atoms with Gasteiger partial charge in [0.1, 0.15) is 11.9 Å². The van der Waals surface area contributed by atoms with Crippen molar-refractivity contribution in [2.24, 2.45) is 0 Å². The minimum absolute atomic E-state index is 0.610. The maximum absolute atomic E-state index is 10.6. The molecule has 0 radical (unpaired) electrons. The molecule has 1 N–H and O–H groups in total. The first kappa shape index (κ1) is 13.0. The predicted molar refractivity (Wildman–Crippen MR) is 78.4 cm³/mol. The minimum atomic E-state index is -0.663. The zero-order valence-corrected chi connectivity index (χ0v) is 12.2. The van der Waals surface area contributed by atoms with Gasteiger partial charge in [-0.1, -0.05) is 11.6 Å². The molecule has 4 heteroatoms. The number of ether oxygens (including phenoxy) is 1. The van der Waals surface area contributed by atoms with Crippen molar-refractivity contribution in [3.63, 3.8) is 0 Å². The SMILES string of the molecule is COc1ccc(Cl)cc1C(O)c1cc2c(s1)CCC2. The third kappa shape index (κ3) is 2.38. The van der Waals surface area contributed by atoms with E-state index in [1.165, 1.54) is 16.9 Å². The van der Waals surface area contributed by atoms with E-state index >= 15 is 0 Å². The molecular formula is C15H15ClO2S. The fraction of sp³-hybridized carbons (Fsp3) is 0.333. The molecule has 1 aliphatic rings. The van der Waals surface area contributed by atoms with E-state index in [-0.39, 0.29) is 0 Å². The van der Waals surface area contributed by atoms with Crippen molar-refractivity contribution in [2.45, 2.75) is 25.4 Å². The molecule has 2 aromatic rings. The lowest BCUT2D eigenvalue weighted by Crippen LogP contribution is -2.00. The molecule has 3 rings (SSSR count). The minimum Gasteiger partial charge on any atom is -0.496 e. The smallest absolute Gasteiger partial charge is 0.125 e. The number of aliphatic hydroxyl groups excluding tert-OH is 1. The van der Waals surface area contributed by atoms with Crippen LogP contribution in [0.15, 0.2) is 24.3 Å². The summed E-state index contributed by atoms with van der Waals surface area (Å²) in [6, 6.07) is 7.46. The van der Waals surface area contributed by atoms with Gasteiger partial charge in [-0.25, -0.2) is 0 Å². The summed E-state index contributed by atoms with van der Waals surface area (Å²) in [7, 11) is 1.61. The Labute approximate surface area is 121 Å². The van der Waals surface area contributed by atoms with Gasteiger partial charge < -0.3 is 9.84 Å². The van der Waals surface area contributed by atoms with Gasteiger partial charge in [0, 0.05) is 20.3 Å². The van der Waals surface area contributed by atoms with E-state index in [0.29, 0.717) is 10.8 Å². The largest absolute Gasteiger partial charge is 0.496 e. The van der Waals surface area contributed by atoms with Crippen LogP contribution in [0, 0.1) is 0 Å². The summed E-state index contributed by atoms with van der Waals surface area (Å²) < 4.78 is 5.31. The molecule has 0 fully saturated rings. The Morgan fingerprint density at radius 2 is 2.16 bits per heavy atom. The number of aryl methyl sites for hydroxylation is 2. The Morgan fingerprint density at radius 3 is 2.89 bits per heavy atom. The average molecular weight is 295 g/mol. The number of rotatable bonds is 3. The second-order valence-electron chi connectivity index (χ2n) is 4.74. The number of thiophene rings is 1. The highest BCUT2D eigenvalue weighted by molar-refractivity contribution is 7.12. The molecule has 0 saturated heterocycles. The molecule has 0 aliphatic heterocycles. The number of benzene rings is 1. The molecule has 1 aromatic carbocycles. The summed E-state index contributed by atoms with van der Waals surface area (Å²) in [5, 5.41) is 11.2. The number of fused-ring (bicyclic) bond motifs is 1. The Balaban J connectivity index is 1.98. The van der Waals surface area contributed by atoms with E-state index in [9.17, 15) is 5.11 Å². The van der Waals surface area contributed by atoms with E-state index in [4.69, 9.17) is 16.3 Å². The van der Waals surface area contributed by atoms with Crippen LogP contribution in [0.5, 0.6) is 5.75 Å². The quantitative estimate of drug-likeness (QED) is 0.928. The molecule has 1 unspecified atom stereocenters. The monoisotopic (exact) mass is 294 g/mol. The standard InChI is InChI=1S/C15H15ClO2S/c1-18-12-6-5-10(16)8-11(12)15(17)14-7-9-3-2-4-13(9)19-14/h5-8,15,17H,2-4H2,1H3. The van der Waals surface area contributed by atoms with Gasteiger partial charge in [0.2, 0.25) is 0 Å². The molecule has 0 bridgehead atoms. The third-order valence-corrected chi connectivity index (χ3v) is 5.05. The second kappa shape index (κ2) is 5.16. The second-order valence-corrected chi connectivity index (χ2v) is 6.34. The van der Waals surface area contributed by atoms with Gasteiger partial charge in [-0.2, -0.15) is 0 Å². The zero-order chi connectivity index (χ0) is 13.4. The first-order chi connectivity index (χ1) is 9.19. The van der Waals surface area contributed by atoms with Crippen LogP contribution in [0.2, 0.25) is 5.02 Å². The molecule has 0 spiro atoms. The maximum Gasteiger partial charge on any atom is 0.125 e. The Kier molecular flexibility index (Phi) is 3.52. The van der Waals surface area contributed by atoms with E-state index < -0.39 is 6.10 Å². The lowest BCUT2D eigenvalue weighted by Gasteiger charge is -2.14. The van der Waals surface area contributed by atoms with Crippen molar-refractivity contribution in [2.75, 3.05) is 7.11 Å². The van der Waals surface area contributed by atoms with Gasteiger partial charge in [-0.15, -0.1) is 11.3 Å². The van der Waals surface area contributed by atoms with Gasteiger partial charge in [-0.3, -0.25) is 0 Å². The molecular weight excluding hydrogens is 280 g/mol.